The minimum atomic E-state index is -3.46. The fraction of sp³-hybridized carbons (Fsp3) is 0.739. The first-order valence-corrected chi connectivity index (χ1v) is 13.1. The van der Waals surface area contributed by atoms with E-state index in [1.54, 1.807) is 19.2 Å². The average Bonchev–Trinajstić information content (AvgIpc) is 2.77. The predicted molar refractivity (Wildman–Crippen MR) is 126 cm³/mol. The summed E-state index contributed by atoms with van der Waals surface area (Å²) in [4.78, 5) is 5.07. The number of β-amino-alcohol motifs (C(OH)–C–C–N with tert-alkyl or cyclic N) is 1. The molecule has 2 heterocycles. The van der Waals surface area contributed by atoms with Gasteiger partial charge in [-0.1, -0.05) is 0 Å². The van der Waals surface area contributed by atoms with Gasteiger partial charge in [0.15, 0.2) is 0 Å². The third-order valence-electron chi connectivity index (χ3n) is 6.23. The number of rotatable bonds is 13. The third kappa shape index (κ3) is 7.88. The molecule has 0 amide bonds. The van der Waals surface area contributed by atoms with Gasteiger partial charge in [-0.05, 0) is 42.5 Å². The first-order chi connectivity index (χ1) is 15.8. The number of benzene rings is 1. The highest BCUT2D eigenvalue weighted by atomic mass is 32.2. The van der Waals surface area contributed by atoms with Gasteiger partial charge in [0.1, 0.15) is 18.5 Å². The summed E-state index contributed by atoms with van der Waals surface area (Å²) in [6.45, 7) is 7.88. The molecular formula is C23H39N3O6S. The maximum Gasteiger partial charge on any atom is 0.242 e. The molecule has 3 atom stereocenters. The molecule has 0 spiro atoms. The van der Waals surface area contributed by atoms with Crippen molar-refractivity contribution in [2.45, 2.75) is 17.4 Å². The molecule has 2 aliphatic heterocycles. The zero-order chi connectivity index (χ0) is 23.8. The molecule has 33 heavy (non-hydrogen) atoms. The highest BCUT2D eigenvalue weighted by Gasteiger charge is 2.34. The third-order valence-corrected chi connectivity index (χ3v) is 8.06. The van der Waals surface area contributed by atoms with Crippen LogP contribution in [0.2, 0.25) is 0 Å². The minimum absolute atomic E-state index is 0.177. The number of methoxy groups -OCH3 is 1. The van der Waals surface area contributed by atoms with Gasteiger partial charge in [-0.25, -0.2) is 12.7 Å². The molecule has 0 aliphatic carbocycles. The number of nitrogens with zero attached hydrogens (tertiary/aromatic N) is 3. The van der Waals surface area contributed by atoms with E-state index in [2.05, 4.69) is 9.80 Å². The number of fused-ring (bicyclic) bond motifs is 2. The Labute approximate surface area is 198 Å². The van der Waals surface area contributed by atoms with Crippen molar-refractivity contribution in [2.24, 2.45) is 11.8 Å². The second-order valence-electron chi connectivity index (χ2n) is 9.27. The largest absolute Gasteiger partial charge is 0.491 e. The maximum absolute atomic E-state index is 12.1. The summed E-state index contributed by atoms with van der Waals surface area (Å²) in [5.41, 5.74) is 0. The standard InChI is InChI=1S/C23H39N3O6S/c1-24(2)33(28,29)23-6-4-22(5-7-23)32-18-21(27)17-26-15-19-12-20(16-26)14-25(13-19)8-9-31-11-10-30-3/h4-7,19-21,27H,8-18H2,1-3H3. The van der Waals surface area contributed by atoms with Gasteiger partial charge in [-0.15, -0.1) is 0 Å². The van der Waals surface area contributed by atoms with Crippen molar-refractivity contribution in [3.05, 3.63) is 24.3 Å². The van der Waals surface area contributed by atoms with Gasteiger partial charge in [-0.3, -0.25) is 4.90 Å². The topological polar surface area (TPSA) is 91.8 Å². The van der Waals surface area contributed by atoms with Crippen LogP contribution in [0.25, 0.3) is 0 Å². The molecule has 10 heteroatoms. The summed E-state index contributed by atoms with van der Waals surface area (Å²) in [7, 11) is 1.23. The second kappa shape index (κ2) is 12.4. The molecule has 1 N–H and O–H groups in total. The van der Waals surface area contributed by atoms with Gasteiger partial charge in [-0.2, -0.15) is 0 Å². The van der Waals surface area contributed by atoms with Crippen LogP contribution < -0.4 is 4.74 Å². The zero-order valence-corrected chi connectivity index (χ0v) is 20.9. The molecule has 1 aromatic carbocycles. The molecule has 9 nitrogen and oxygen atoms in total. The van der Waals surface area contributed by atoms with Crippen LogP contribution in [0, 0.1) is 11.8 Å². The number of piperidine rings is 2. The maximum atomic E-state index is 12.1. The first-order valence-electron chi connectivity index (χ1n) is 11.6. The van der Waals surface area contributed by atoms with Crippen molar-refractivity contribution in [3.63, 3.8) is 0 Å². The van der Waals surface area contributed by atoms with E-state index in [1.165, 1.54) is 37.0 Å². The first kappa shape index (κ1) is 26.3. The monoisotopic (exact) mass is 485 g/mol. The number of aliphatic hydroxyl groups excluding tert-OH is 1. The van der Waals surface area contributed by atoms with Crippen molar-refractivity contribution in [2.75, 3.05) is 86.9 Å². The van der Waals surface area contributed by atoms with Crippen molar-refractivity contribution in [3.8, 4) is 5.75 Å². The van der Waals surface area contributed by atoms with Crippen molar-refractivity contribution in [1.29, 1.82) is 0 Å². The fourth-order valence-corrected chi connectivity index (χ4v) is 5.63. The highest BCUT2D eigenvalue weighted by Crippen LogP contribution is 2.28. The summed E-state index contributed by atoms with van der Waals surface area (Å²) in [6, 6.07) is 6.30. The second-order valence-corrected chi connectivity index (χ2v) is 11.4. The van der Waals surface area contributed by atoms with E-state index in [-0.39, 0.29) is 11.5 Å². The lowest BCUT2D eigenvalue weighted by molar-refractivity contribution is -0.0103. The molecule has 0 saturated carbocycles. The molecule has 2 bridgehead atoms. The van der Waals surface area contributed by atoms with Crippen LogP contribution in [0.4, 0.5) is 0 Å². The number of hydrogen-bond donors (Lipinski definition) is 1. The van der Waals surface area contributed by atoms with Crippen molar-refractivity contribution >= 4 is 10.0 Å². The Bertz CT molecular complexity index is 806. The fourth-order valence-electron chi connectivity index (χ4n) is 4.73. The van der Waals surface area contributed by atoms with E-state index in [0.29, 0.717) is 37.3 Å². The lowest BCUT2D eigenvalue weighted by Gasteiger charge is -2.46. The minimum Gasteiger partial charge on any atom is -0.491 e. The molecule has 3 rings (SSSR count). The number of sulfonamides is 1. The van der Waals surface area contributed by atoms with E-state index in [9.17, 15) is 13.5 Å². The number of hydrogen-bond acceptors (Lipinski definition) is 8. The molecule has 3 unspecified atom stereocenters. The Hall–Kier alpha value is -1.27. The van der Waals surface area contributed by atoms with Crippen LogP contribution in [-0.2, 0) is 19.5 Å². The Morgan fingerprint density at radius 1 is 1.03 bits per heavy atom. The number of likely N-dealkylation sites (tertiary alicyclic amines) is 2. The molecular weight excluding hydrogens is 446 g/mol. The molecule has 2 aliphatic rings. The van der Waals surface area contributed by atoms with E-state index >= 15 is 0 Å². The van der Waals surface area contributed by atoms with Gasteiger partial charge in [0, 0.05) is 60.5 Å². The van der Waals surface area contributed by atoms with E-state index in [1.807, 2.05) is 0 Å². The summed E-state index contributed by atoms with van der Waals surface area (Å²) < 4.78 is 41.8. The van der Waals surface area contributed by atoms with E-state index < -0.39 is 16.1 Å². The van der Waals surface area contributed by atoms with Crippen LogP contribution in [0.1, 0.15) is 6.42 Å². The smallest absolute Gasteiger partial charge is 0.242 e. The van der Waals surface area contributed by atoms with Crippen LogP contribution in [0.3, 0.4) is 0 Å². The van der Waals surface area contributed by atoms with Gasteiger partial charge in [0.2, 0.25) is 10.0 Å². The molecule has 2 fully saturated rings. The van der Waals surface area contributed by atoms with Gasteiger partial charge < -0.3 is 24.2 Å². The Morgan fingerprint density at radius 3 is 2.27 bits per heavy atom. The van der Waals surface area contributed by atoms with Crippen molar-refractivity contribution in [1.82, 2.24) is 14.1 Å². The highest BCUT2D eigenvalue weighted by molar-refractivity contribution is 7.89. The van der Waals surface area contributed by atoms with Crippen LogP contribution >= 0.6 is 0 Å². The lowest BCUT2D eigenvalue weighted by Crippen LogP contribution is -2.54. The molecule has 0 radical (unpaired) electrons. The Morgan fingerprint density at radius 2 is 1.67 bits per heavy atom. The van der Waals surface area contributed by atoms with Crippen LogP contribution in [-0.4, -0.2) is 121 Å². The quantitative estimate of drug-likeness (QED) is 0.406. The molecule has 1 aromatic rings. The van der Waals surface area contributed by atoms with E-state index in [4.69, 9.17) is 14.2 Å². The lowest BCUT2D eigenvalue weighted by atomic mass is 9.84. The zero-order valence-electron chi connectivity index (χ0n) is 20.1. The Balaban J connectivity index is 1.38. The SMILES string of the molecule is COCCOCCN1CC2CC(C1)CN(CC(O)COc1ccc(S(=O)(=O)N(C)C)cc1)C2. The normalized spacial score (nSPS) is 23.1. The Kier molecular flexibility index (Phi) is 9.93. The predicted octanol–water partition coefficient (Wildman–Crippen LogP) is 0.593. The molecule has 188 valence electrons. The summed E-state index contributed by atoms with van der Waals surface area (Å²) in [5, 5.41) is 10.5. The van der Waals surface area contributed by atoms with E-state index in [0.717, 1.165) is 39.3 Å². The average molecular weight is 486 g/mol. The molecule has 2 saturated heterocycles. The van der Waals surface area contributed by atoms with Gasteiger partial charge >= 0.3 is 0 Å². The van der Waals surface area contributed by atoms with Crippen LogP contribution in [0.5, 0.6) is 5.75 Å². The van der Waals surface area contributed by atoms with Gasteiger partial charge in [0.25, 0.3) is 0 Å². The summed E-state index contributed by atoms with van der Waals surface area (Å²) in [6.07, 6.45) is 0.658. The van der Waals surface area contributed by atoms with Gasteiger partial charge in [0.05, 0.1) is 24.7 Å². The molecule has 0 aromatic heterocycles. The summed E-state index contributed by atoms with van der Waals surface area (Å²) in [5.74, 6) is 1.79. The number of aliphatic hydroxyl groups is 1. The summed E-state index contributed by atoms with van der Waals surface area (Å²) >= 11 is 0. The number of ether oxygens (including phenoxy) is 3. The van der Waals surface area contributed by atoms with Crippen molar-refractivity contribution < 1.29 is 27.7 Å². The van der Waals surface area contributed by atoms with Crippen LogP contribution in [0.15, 0.2) is 29.2 Å².